The van der Waals surface area contributed by atoms with Gasteiger partial charge < -0.3 is 10.1 Å². The third-order valence-corrected chi connectivity index (χ3v) is 1.70. The lowest BCUT2D eigenvalue weighted by Crippen LogP contribution is -1.99. The van der Waals surface area contributed by atoms with E-state index in [-0.39, 0.29) is 0 Å². The average Bonchev–Trinajstić information content (AvgIpc) is 2.28. The molecule has 0 aromatic heterocycles. The second kappa shape index (κ2) is 2.82. The molecule has 2 heteroatoms. The maximum Gasteiger partial charge on any atom is 0.150 e. The van der Waals surface area contributed by atoms with Crippen molar-refractivity contribution in [1.29, 1.82) is 0 Å². The van der Waals surface area contributed by atoms with Crippen LogP contribution in [0, 0.1) is 6.07 Å². The number of benzene rings is 1. The molecule has 0 fully saturated rings. The lowest BCUT2D eigenvalue weighted by molar-refractivity contribution is 0.322. The Labute approximate surface area is 66.2 Å². The highest BCUT2D eigenvalue weighted by Crippen LogP contribution is 2.24. The Morgan fingerprint density at radius 2 is 2.55 bits per heavy atom. The van der Waals surface area contributed by atoms with Gasteiger partial charge >= 0.3 is 0 Å². The van der Waals surface area contributed by atoms with E-state index in [1.165, 1.54) is 0 Å². The van der Waals surface area contributed by atoms with Gasteiger partial charge in [-0.1, -0.05) is 12.1 Å². The molecule has 1 aliphatic heterocycles. The third-order valence-electron chi connectivity index (χ3n) is 1.70. The Bertz CT molecular complexity index is 222. The lowest BCUT2D eigenvalue weighted by Gasteiger charge is -2.04. The number of ether oxygens (including phenoxy) is 1. The van der Waals surface area contributed by atoms with Crippen LogP contribution in [0.1, 0.15) is 6.42 Å². The zero-order valence-electron chi connectivity index (χ0n) is 6.26. The normalized spacial score (nSPS) is 15.6. The molecule has 0 aliphatic carbocycles. The number of nitrogens with one attached hydrogen (secondary N) is 1. The summed E-state index contributed by atoms with van der Waals surface area (Å²) in [5.74, 6) is 0.852. The first-order valence-corrected chi connectivity index (χ1v) is 3.84. The molecule has 0 unspecified atom stereocenters. The fourth-order valence-electron chi connectivity index (χ4n) is 1.15. The number of para-hydroxylation sites is 1. The molecule has 1 heterocycles. The Hall–Kier alpha value is -1.18. The van der Waals surface area contributed by atoms with Crippen LogP contribution in [0.3, 0.4) is 0 Å². The van der Waals surface area contributed by atoms with Crippen molar-refractivity contribution in [1.82, 2.24) is 0 Å². The van der Waals surface area contributed by atoms with Crippen molar-refractivity contribution >= 4 is 5.69 Å². The average molecular weight is 148 g/mol. The number of fused-ring (bicyclic) bond motifs is 1. The lowest BCUT2D eigenvalue weighted by atomic mass is 10.3. The van der Waals surface area contributed by atoms with Crippen LogP contribution in [-0.4, -0.2) is 13.2 Å². The first-order chi connectivity index (χ1) is 5.47. The van der Waals surface area contributed by atoms with Crippen molar-refractivity contribution in [3.63, 3.8) is 0 Å². The highest BCUT2D eigenvalue weighted by atomic mass is 16.5. The second-order valence-corrected chi connectivity index (χ2v) is 2.54. The molecule has 0 bridgehead atoms. The molecule has 0 atom stereocenters. The number of anilines is 1. The van der Waals surface area contributed by atoms with Gasteiger partial charge in [0.2, 0.25) is 0 Å². The number of hydrogen-bond acceptors (Lipinski definition) is 2. The van der Waals surface area contributed by atoms with Gasteiger partial charge in [-0.25, -0.2) is 0 Å². The molecule has 2 nitrogen and oxygen atoms in total. The van der Waals surface area contributed by atoms with Gasteiger partial charge in [0.15, 0.2) is 0 Å². The van der Waals surface area contributed by atoms with Gasteiger partial charge in [0, 0.05) is 12.6 Å². The van der Waals surface area contributed by atoms with Gasteiger partial charge in [0.1, 0.15) is 5.75 Å². The van der Waals surface area contributed by atoms with Crippen LogP contribution < -0.4 is 10.1 Å². The zero-order chi connectivity index (χ0) is 7.52. The molecule has 0 spiro atoms. The first kappa shape index (κ1) is 6.53. The van der Waals surface area contributed by atoms with Gasteiger partial charge in [-0.05, 0) is 12.5 Å². The molecule has 0 saturated carbocycles. The second-order valence-electron chi connectivity index (χ2n) is 2.54. The molecular formula is C9H10NO. The number of rotatable bonds is 0. The minimum Gasteiger partial charge on any atom is -0.491 e. The van der Waals surface area contributed by atoms with Crippen LogP contribution in [0.4, 0.5) is 5.69 Å². The summed E-state index contributed by atoms with van der Waals surface area (Å²) in [5.41, 5.74) is 1.06. The fourth-order valence-corrected chi connectivity index (χ4v) is 1.15. The number of hydrogen-bond donors (Lipinski definition) is 1. The molecule has 11 heavy (non-hydrogen) atoms. The molecular weight excluding hydrogens is 138 g/mol. The Morgan fingerprint density at radius 1 is 1.55 bits per heavy atom. The van der Waals surface area contributed by atoms with Gasteiger partial charge in [0.05, 0.1) is 12.3 Å². The molecule has 0 saturated heterocycles. The summed E-state index contributed by atoms with van der Waals surface area (Å²) in [6.07, 6.45) is 1.06. The summed E-state index contributed by atoms with van der Waals surface area (Å²) < 4.78 is 5.43. The van der Waals surface area contributed by atoms with Crippen molar-refractivity contribution in [2.24, 2.45) is 0 Å². The third kappa shape index (κ3) is 1.29. The van der Waals surface area contributed by atoms with E-state index in [4.69, 9.17) is 4.74 Å². The molecule has 2 rings (SSSR count). The minimum atomic E-state index is 0.792. The van der Waals surface area contributed by atoms with Crippen molar-refractivity contribution in [2.75, 3.05) is 18.5 Å². The molecule has 1 aliphatic rings. The molecule has 1 aromatic rings. The highest BCUT2D eigenvalue weighted by Gasteiger charge is 2.05. The summed E-state index contributed by atoms with van der Waals surface area (Å²) in [6.45, 7) is 1.78. The summed E-state index contributed by atoms with van der Waals surface area (Å²) in [6, 6.07) is 8.88. The summed E-state index contributed by atoms with van der Waals surface area (Å²) >= 11 is 0. The van der Waals surface area contributed by atoms with E-state index in [0.29, 0.717) is 0 Å². The summed E-state index contributed by atoms with van der Waals surface area (Å²) in [4.78, 5) is 0. The van der Waals surface area contributed by atoms with Gasteiger partial charge in [-0.3, -0.25) is 0 Å². The van der Waals surface area contributed by atoms with E-state index < -0.39 is 0 Å². The molecule has 57 valence electrons. The molecule has 1 radical (unpaired) electrons. The van der Waals surface area contributed by atoms with Crippen LogP contribution in [0.25, 0.3) is 0 Å². The molecule has 0 amide bonds. The van der Waals surface area contributed by atoms with E-state index in [9.17, 15) is 0 Å². The van der Waals surface area contributed by atoms with E-state index in [0.717, 1.165) is 31.0 Å². The van der Waals surface area contributed by atoms with Crippen LogP contribution in [0.2, 0.25) is 0 Å². The quantitative estimate of drug-likeness (QED) is 0.604. The maximum atomic E-state index is 5.43. The molecule has 1 aromatic carbocycles. The van der Waals surface area contributed by atoms with Crippen molar-refractivity contribution in [3.8, 4) is 5.75 Å². The smallest absolute Gasteiger partial charge is 0.150 e. The van der Waals surface area contributed by atoms with Gasteiger partial charge in [-0.15, -0.1) is 0 Å². The van der Waals surface area contributed by atoms with Gasteiger partial charge in [0.25, 0.3) is 0 Å². The Kier molecular flexibility index (Phi) is 1.68. The van der Waals surface area contributed by atoms with Crippen LogP contribution in [-0.2, 0) is 0 Å². The predicted octanol–water partition coefficient (Wildman–Crippen LogP) is 1.68. The van der Waals surface area contributed by atoms with E-state index in [1.807, 2.05) is 18.2 Å². The highest BCUT2D eigenvalue weighted by molar-refractivity contribution is 5.55. The van der Waals surface area contributed by atoms with E-state index in [1.54, 1.807) is 0 Å². The topological polar surface area (TPSA) is 21.3 Å². The van der Waals surface area contributed by atoms with Gasteiger partial charge in [-0.2, -0.15) is 0 Å². The van der Waals surface area contributed by atoms with Crippen LogP contribution in [0.5, 0.6) is 5.75 Å². The maximum absolute atomic E-state index is 5.43. The summed E-state index contributed by atoms with van der Waals surface area (Å²) in [7, 11) is 0. The largest absolute Gasteiger partial charge is 0.491 e. The van der Waals surface area contributed by atoms with Crippen LogP contribution in [0.15, 0.2) is 18.2 Å². The Morgan fingerprint density at radius 3 is 3.55 bits per heavy atom. The molecule has 1 N–H and O–H groups in total. The first-order valence-electron chi connectivity index (χ1n) is 3.84. The zero-order valence-corrected chi connectivity index (χ0v) is 6.26. The van der Waals surface area contributed by atoms with E-state index >= 15 is 0 Å². The van der Waals surface area contributed by atoms with E-state index in [2.05, 4.69) is 11.4 Å². The summed E-state index contributed by atoms with van der Waals surface area (Å²) in [5, 5.41) is 3.27. The predicted molar refractivity (Wildman–Crippen MR) is 43.9 cm³/mol. The standard InChI is InChI=1S/C9H10NO/c1-2-5-9-8(4-1)10-6-3-7-11-9/h1-2,4,10H,3,6-7H2. The minimum absolute atomic E-state index is 0.792. The van der Waals surface area contributed by atoms with Crippen molar-refractivity contribution in [2.45, 2.75) is 6.42 Å². The Balaban J connectivity index is 2.33. The van der Waals surface area contributed by atoms with Crippen molar-refractivity contribution < 1.29 is 4.74 Å². The fraction of sp³-hybridized carbons (Fsp3) is 0.333. The van der Waals surface area contributed by atoms with Crippen LogP contribution >= 0.6 is 0 Å². The SMILES string of the molecule is [c]1cccc2c1OCCCN2. The monoisotopic (exact) mass is 148 g/mol. The van der Waals surface area contributed by atoms with Crippen molar-refractivity contribution in [3.05, 3.63) is 24.3 Å².